The highest BCUT2D eigenvalue weighted by Crippen LogP contribution is 2.43. The van der Waals surface area contributed by atoms with E-state index < -0.39 is 29.7 Å². The predicted octanol–water partition coefficient (Wildman–Crippen LogP) is 4.68. The number of halogens is 1. The average Bonchev–Trinajstić information content (AvgIpc) is 4.02. The van der Waals surface area contributed by atoms with Crippen molar-refractivity contribution in [3.05, 3.63) is 93.8 Å². The second kappa shape index (κ2) is 14.8. The van der Waals surface area contributed by atoms with Crippen LogP contribution in [0, 0.1) is 17.9 Å². The molecule has 14 heteroatoms. The highest BCUT2D eigenvalue weighted by molar-refractivity contribution is 6.33. The van der Waals surface area contributed by atoms with Crippen molar-refractivity contribution in [3.8, 4) is 0 Å². The average molecular weight is 789 g/mol. The molecule has 0 bridgehead atoms. The standard InChI is InChI=1S/C43H45ClN8O5/c1-45-36-8-6-32(23-35(36)44)50-15-12-43(26-50)13-16-51(27-43)40(55)29-3-2-4-30(21-29)48-19-17-47(18-20-48)24-28-11-14-49(25-28)31-5-7-33-34(22-31)42(57)52(41(33)56)37-9-10-38(53)46-39(37)54/h2-8,21-23,28,37H,9-20,24-27H2,(H,46,53,54)/t28-,37?,43?/m0/s1. The van der Waals surface area contributed by atoms with Crippen LogP contribution in [0.25, 0.3) is 4.85 Å². The molecule has 6 aliphatic heterocycles. The van der Waals surface area contributed by atoms with Crippen molar-refractivity contribution in [1.29, 1.82) is 0 Å². The lowest BCUT2D eigenvalue weighted by Gasteiger charge is -2.37. The Morgan fingerprint density at radius 2 is 1.54 bits per heavy atom. The SMILES string of the molecule is [C-]#[N+]c1ccc(N2CCC3(CCN(C(=O)c4cccc(N5CCN(C[C@@H]6CCN(c7ccc8c(c7)C(=O)N(C7CCC(=O)NC7=O)C8=O)C6)CC5)c4)C3)C2)cc1Cl. The number of amides is 5. The molecule has 0 aliphatic carbocycles. The van der Waals surface area contributed by atoms with E-state index >= 15 is 0 Å². The van der Waals surface area contributed by atoms with Gasteiger partial charge in [0.05, 0.1) is 17.7 Å². The van der Waals surface area contributed by atoms with Gasteiger partial charge in [-0.3, -0.25) is 39.1 Å². The summed E-state index contributed by atoms with van der Waals surface area (Å²) in [6.07, 6.45) is 3.25. The highest BCUT2D eigenvalue weighted by atomic mass is 35.5. The third kappa shape index (κ3) is 6.99. The molecule has 9 rings (SSSR count). The zero-order chi connectivity index (χ0) is 39.4. The van der Waals surface area contributed by atoms with Gasteiger partial charge in [-0.1, -0.05) is 23.7 Å². The van der Waals surface area contributed by atoms with Crippen molar-refractivity contribution in [2.24, 2.45) is 11.3 Å². The molecule has 1 spiro atoms. The van der Waals surface area contributed by atoms with Gasteiger partial charge in [0.2, 0.25) is 17.5 Å². The van der Waals surface area contributed by atoms with Crippen molar-refractivity contribution in [1.82, 2.24) is 20.0 Å². The highest BCUT2D eigenvalue weighted by Gasteiger charge is 2.46. The molecule has 5 amide bonds. The quantitative estimate of drug-likeness (QED) is 0.269. The van der Waals surface area contributed by atoms with Gasteiger partial charge in [0.15, 0.2) is 0 Å². The van der Waals surface area contributed by atoms with E-state index in [9.17, 15) is 24.0 Å². The molecule has 5 fully saturated rings. The molecule has 2 unspecified atom stereocenters. The van der Waals surface area contributed by atoms with Gasteiger partial charge in [-0.2, -0.15) is 0 Å². The minimum atomic E-state index is -0.974. The zero-order valence-corrected chi connectivity index (χ0v) is 32.5. The third-order valence-electron chi connectivity index (χ3n) is 13.0. The Bertz CT molecular complexity index is 2220. The molecule has 3 atom stereocenters. The summed E-state index contributed by atoms with van der Waals surface area (Å²) in [4.78, 5) is 80.5. The van der Waals surface area contributed by atoms with Crippen LogP contribution >= 0.6 is 11.6 Å². The van der Waals surface area contributed by atoms with Crippen LogP contribution in [0.3, 0.4) is 0 Å². The van der Waals surface area contributed by atoms with E-state index in [0.29, 0.717) is 27.8 Å². The Morgan fingerprint density at radius 3 is 2.33 bits per heavy atom. The van der Waals surface area contributed by atoms with Crippen molar-refractivity contribution < 1.29 is 24.0 Å². The summed E-state index contributed by atoms with van der Waals surface area (Å²) in [5.41, 5.74) is 4.87. The minimum absolute atomic E-state index is 0.0623. The Hall–Kier alpha value is -5.45. The fraction of sp³-hybridized carbons (Fsp3) is 0.442. The molecular formula is C43H45ClN8O5. The van der Waals surface area contributed by atoms with Crippen LogP contribution in [0.15, 0.2) is 60.7 Å². The lowest BCUT2D eigenvalue weighted by molar-refractivity contribution is -0.136. The molecule has 0 radical (unpaired) electrons. The maximum atomic E-state index is 13.8. The van der Waals surface area contributed by atoms with Gasteiger partial charge in [0.25, 0.3) is 17.7 Å². The van der Waals surface area contributed by atoms with Gasteiger partial charge < -0.3 is 19.6 Å². The number of hydrogen-bond acceptors (Lipinski definition) is 9. The summed E-state index contributed by atoms with van der Waals surface area (Å²) in [5.74, 6) is -1.42. The summed E-state index contributed by atoms with van der Waals surface area (Å²) < 4.78 is 0. The summed E-state index contributed by atoms with van der Waals surface area (Å²) >= 11 is 6.34. The number of imide groups is 2. The molecule has 1 N–H and O–H groups in total. The number of hydrogen-bond donors (Lipinski definition) is 1. The Kier molecular flexibility index (Phi) is 9.65. The van der Waals surface area contributed by atoms with Gasteiger partial charge in [-0.05, 0) is 80.1 Å². The predicted molar refractivity (Wildman–Crippen MR) is 216 cm³/mol. The number of benzene rings is 3. The number of likely N-dealkylation sites (tertiary alicyclic amines) is 1. The first kappa shape index (κ1) is 37.1. The molecule has 0 saturated carbocycles. The van der Waals surface area contributed by atoms with Crippen molar-refractivity contribution >= 4 is 63.9 Å². The molecular weight excluding hydrogens is 744 g/mol. The summed E-state index contributed by atoms with van der Waals surface area (Å²) in [7, 11) is 0. The van der Waals surface area contributed by atoms with E-state index in [0.717, 1.165) is 119 Å². The largest absolute Gasteiger partial charge is 0.371 e. The van der Waals surface area contributed by atoms with Crippen LogP contribution in [0.5, 0.6) is 0 Å². The lowest BCUT2D eigenvalue weighted by Crippen LogP contribution is -2.54. The molecule has 57 heavy (non-hydrogen) atoms. The van der Waals surface area contributed by atoms with Gasteiger partial charge >= 0.3 is 0 Å². The number of piperidine rings is 1. The topological polar surface area (TPSA) is 121 Å². The van der Waals surface area contributed by atoms with Crippen LogP contribution in [-0.4, -0.2) is 122 Å². The summed E-state index contributed by atoms with van der Waals surface area (Å²) in [5, 5.41) is 2.73. The fourth-order valence-corrected chi connectivity index (χ4v) is 10.0. The Balaban J connectivity index is 0.761. The third-order valence-corrected chi connectivity index (χ3v) is 13.3. The lowest BCUT2D eigenvalue weighted by atomic mass is 9.86. The summed E-state index contributed by atoms with van der Waals surface area (Å²) in [6.45, 7) is 16.8. The van der Waals surface area contributed by atoms with E-state index in [-0.39, 0.29) is 24.2 Å². The van der Waals surface area contributed by atoms with Crippen LogP contribution in [0.1, 0.15) is 63.2 Å². The van der Waals surface area contributed by atoms with Crippen molar-refractivity contribution in [2.45, 2.75) is 38.1 Å². The Labute approximate surface area is 336 Å². The number of carbonyl (C=O) groups is 5. The number of nitrogens with one attached hydrogen (secondary N) is 1. The number of nitrogens with zero attached hydrogens (tertiary/aromatic N) is 7. The van der Waals surface area contributed by atoms with E-state index in [1.54, 1.807) is 18.2 Å². The minimum Gasteiger partial charge on any atom is -0.371 e. The van der Waals surface area contributed by atoms with E-state index in [1.165, 1.54) is 0 Å². The van der Waals surface area contributed by atoms with Gasteiger partial charge in [0.1, 0.15) is 6.04 Å². The maximum absolute atomic E-state index is 13.8. The first-order valence-electron chi connectivity index (χ1n) is 20.0. The Morgan fingerprint density at radius 1 is 0.789 bits per heavy atom. The normalized spacial score (nSPS) is 25.2. The summed E-state index contributed by atoms with van der Waals surface area (Å²) in [6, 6.07) is 18.1. The maximum Gasteiger partial charge on any atom is 0.262 e. The zero-order valence-electron chi connectivity index (χ0n) is 31.8. The van der Waals surface area contributed by atoms with Crippen LogP contribution in [-0.2, 0) is 9.59 Å². The van der Waals surface area contributed by atoms with Crippen LogP contribution in [0.4, 0.5) is 22.7 Å². The number of carbonyl (C=O) groups excluding carboxylic acids is 5. The van der Waals surface area contributed by atoms with Crippen molar-refractivity contribution in [2.75, 3.05) is 86.7 Å². The molecule has 5 saturated heterocycles. The van der Waals surface area contributed by atoms with E-state index in [2.05, 4.69) is 41.9 Å². The van der Waals surface area contributed by atoms with Crippen LogP contribution < -0.4 is 20.0 Å². The fourth-order valence-electron chi connectivity index (χ4n) is 9.82. The van der Waals surface area contributed by atoms with Crippen LogP contribution in [0.2, 0.25) is 5.02 Å². The molecule has 6 heterocycles. The van der Waals surface area contributed by atoms with Crippen molar-refractivity contribution in [3.63, 3.8) is 0 Å². The number of rotatable bonds is 7. The molecule has 3 aromatic carbocycles. The smallest absolute Gasteiger partial charge is 0.262 e. The number of piperazine rings is 1. The number of fused-ring (bicyclic) bond motifs is 1. The molecule has 3 aromatic rings. The monoisotopic (exact) mass is 788 g/mol. The van der Waals surface area contributed by atoms with E-state index in [4.69, 9.17) is 18.2 Å². The first-order chi connectivity index (χ1) is 27.6. The van der Waals surface area contributed by atoms with Gasteiger partial charge in [0, 0.05) is 111 Å². The van der Waals surface area contributed by atoms with Gasteiger partial charge in [-0.25, -0.2) is 4.85 Å². The first-order valence-corrected chi connectivity index (χ1v) is 20.3. The molecule has 0 aromatic heterocycles. The van der Waals surface area contributed by atoms with Gasteiger partial charge in [-0.15, -0.1) is 0 Å². The second-order valence-electron chi connectivity index (χ2n) is 16.5. The number of anilines is 3. The molecule has 13 nitrogen and oxygen atoms in total. The second-order valence-corrected chi connectivity index (χ2v) is 16.9. The molecule has 294 valence electrons. The molecule has 6 aliphatic rings. The van der Waals surface area contributed by atoms with E-state index in [1.807, 2.05) is 35.2 Å².